The summed E-state index contributed by atoms with van der Waals surface area (Å²) in [5.74, 6) is -1.26. The van der Waals surface area contributed by atoms with E-state index < -0.39 is 21.8 Å². The van der Waals surface area contributed by atoms with Gasteiger partial charge in [-0.15, -0.1) is 0 Å². The van der Waals surface area contributed by atoms with Gasteiger partial charge in [-0.3, -0.25) is 4.55 Å². The van der Waals surface area contributed by atoms with E-state index in [-0.39, 0.29) is 18.3 Å². The minimum Gasteiger partial charge on any atom is -0.461 e. The second kappa shape index (κ2) is 5.68. The van der Waals surface area contributed by atoms with E-state index in [4.69, 9.17) is 4.55 Å². The molecular weight excluding hydrogens is 198 g/mol. The SMILES string of the molecule is C=C(C)C(=O)OCCS(=O)(=O)O.[NH4+]. The zero-order valence-corrected chi connectivity index (χ0v) is 8.43. The highest BCUT2D eigenvalue weighted by Gasteiger charge is 2.07. The molecule has 0 aliphatic carbocycles. The van der Waals surface area contributed by atoms with E-state index in [9.17, 15) is 13.2 Å². The monoisotopic (exact) mass is 212 g/mol. The van der Waals surface area contributed by atoms with E-state index in [1.54, 1.807) is 0 Å². The van der Waals surface area contributed by atoms with Gasteiger partial charge in [-0.1, -0.05) is 6.58 Å². The fourth-order valence-electron chi connectivity index (χ4n) is 0.363. The number of ether oxygens (including phenoxy) is 1. The highest BCUT2D eigenvalue weighted by atomic mass is 32.2. The summed E-state index contributed by atoms with van der Waals surface area (Å²) in [5.41, 5.74) is 0.185. The lowest BCUT2D eigenvalue weighted by molar-refractivity contribution is -0.138. The van der Waals surface area contributed by atoms with E-state index in [2.05, 4.69) is 11.3 Å². The molecule has 0 rings (SSSR count). The molecule has 0 spiro atoms. The highest BCUT2D eigenvalue weighted by Crippen LogP contribution is 1.92. The Labute approximate surface area is 76.9 Å². The van der Waals surface area contributed by atoms with Crippen LogP contribution in [0.3, 0.4) is 0 Å². The normalized spacial score (nSPS) is 10.0. The molecule has 13 heavy (non-hydrogen) atoms. The maximum atomic E-state index is 10.6. The summed E-state index contributed by atoms with van der Waals surface area (Å²) in [6.07, 6.45) is 0. The van der Waals surface area contributed by atoms with Gasteiger partial charge in [0.05, 0.1) is 0 Å². The Kier molecular flexibility index (Phi) is 6.38. The summed E-state index contributed by atoms with van der Waals surface area (Å²) in [6, 6.07) is 0. The number of carbonyl (C=O) groups excluding carboxylic acids is 1. The van der Waals surface area contributed by atoms with Crippen LogP contribution in [0.5, 0.6) is 0 Å². The van der Waals surface area contributed by atoms with Crippen molar-refractivity contribution in [3.63, 3.8) is 0 Å². The molecule has 6 nitrogen and oxygen atoms in total. The minimum absolute atomic E-state index is 0. The van der Waals surface area contributed by atoms with Crippen LogP contribution in [0.4, 0.5) is 0 Å². The predicted octanol–water partition coefficient (Wildman–Crippen LogP) is 0.370. The summed E-state index contributed by atoms with van der Waals surface area (Å²) in [6.45, 7) is 4.37. The predicted molar refractivity (Wildman–Crippen MR) is 48.2 cm³/mol. The second-order valence-electron chi connectivity index (χ2n) is 2.20. The van der Waals surface area contributed by atoms with Crippen LogP contribution in [0, 0.1) is 0 Å². The zero-order chi connectivity index (χ0) is 9.78. The van der Waals surface area contributed by atoms with Crippen molar-refractivity contribution in [3.8, 4) is 0 Å². The lowest BCUT2D eigenvalue weighted by Gasteiger charge is -2.01. The van der Waals surface area contributed by atoms with E-state index in [1.165, 1.54) is 6.92 Å². The second-order valence-corrected chi connectivity index (χ2v) is 3.77. The quantitative estimate of drug-likeness (QED) is 0.396. The van der Waals surface area contributed by atoms with Crippen molar-refractivity contribution < 1.29 is 22.5 Å². The molecule has 0 aromatic heterocycles. The average molecular weight is 212 g/mol. The van der Waals surface area contributed by atoms with Gasteiger partial charge in [0.25, 0.3) is 10.1 Å². The third-order valence-corrected chi connectivity index (χ3v) is 1.61. The Balaban J connectivity index is 0. The molecule has 0 amide bonds. The Morgan fingerprint density at radius 2 is 2.00 bits per heavy atom. The first-order chi connectivity index (χ1) is 5.33. The zero-order valence-electron chi connectivity index (χ0n) is 7.61. The molecule has 0 fully saturated rings. The molecule has 5 N–H and O–H groups in total. The number of hydrogen-bond donors (Lipinski definition) is 2. The smallest absolute Gasteiger partial charge is 0.333 e. The lowest BCUT2D eigenvalue weighted by atomic mass is 10.4. The molecule has 7 heteroatoms. The van der Waals surface area contributed by atoms with Crippen molar-refractivity contribution >= 4 is 16.1 Å². The van der Waals surface area contributed by atoms with Crippen molar-refractivity contribution in [2.24, 2.45) is 0 Å². The van der Waals surface area contributed by atoms with Crippen LogP contribution in [0.1, 0.15) is 6.92 Å². The summed E-state index contributed by atoms with van der Waals surface area (Å²) in [4.78, 5) is 10.6. The molecule has 0 unspecified atom stereocenters. The number of esters is 1. The molecule has 0 aliphatic heterocycles. The van der Waals surface area contributed by atoms with Crippen molar-refractivity contribution in [2.45, 2.75) is 6.92 Å². The van der Waals surface area contributed by atoms with Gasteiger partial charge >= 0.3 is 5.97 Å². The van der Waals surface area contributed by atoms with Gasteiger partial charge < -0.3 is 10.9 Å². The van der Waals surface area contributed by atoms with Crippen LogP contribution in [-0.2, 0) is 19.6 Å². The maximum absolute atomic E-state index is 10.6. The summed E-state index contributed by atoms with van der Waals surface area (Å²) < 4.78 is 32.9. The third kappa shape index (κ3) is 8.99. The number of carbonyl (C=O) groups is 1. The van der Waals surface area contributed by atoms with Gasteiger partial charge in [0.1, 0.15) is 12.4 Å². The molecule has 0 atom stereocenters. The molecule has 0 radical (unpaired) electrons. The molecule has 0 saturated heterocycles. The number of quaternary nitrogens is 1. The van der Waals surface area contributed by atoms with Gasteiger partial charge in [-0.25, -0.2) is 4.79 Å². The van der Waals surface area contributed by atoms with Crippen LogP contribution < -0.4 is 6.15 Å². The first-order valence-electron chi connectivity index (χ1n) is 3.11. The Hall–Kier alpha value is -0.920. The molecule has 0 aliphatic rings. The molecule has 0 aromatic rings. The van der Waals surface area contributed by atoms with E-state index in [0.717, 1.165) is 0 Å². The number of hydrogen-bond acceptors (Lipinski definition) is 4. The van der Waals surface area contributed by atoms with Crippen molar-refractivity contribution in [2.75, 3.05) is 12.4 Å². The van der Waals surface area contributed by atoms with Gasteiger partial charge in [-0.05, 0) is 6.92 Å². The topological polar surface area (TPSA) is 117 Å². The van der Waals surface area contributed by atoms with Crippen LogP contribution >= 0.6 is 0 Å². The summed E-state index contributed by atoms with van der Waals surface area (Å²) in [7, 11) is -4.05. The fraction of sp³-hybridized carbons (Fsp3) is 0.500. The Morgan fingerprint density at radius 3 is 2.31 bits per heavy atom. The Bertz CT molecular complexity index is 281. The van der Waals surface area contributed by atoms with E-state index in [1.807, 2.05) is 0 Å². The van der Waals surface area contributed by atoms with E-state index in [0.29, 0.717) is 0 Å². The first kappa shape index (κ1) is 14.6. The summed E-state index contributed by atoms with van der Waals surface area (Å²) in [5, 5.41) is 0. The van der Waals surface area contributed by atoms with Crippen molar-refractivity contribution in [1.29, 1.82) is 0 Å². The molecule has 0 saturated carbocycles. The molecule has 78 valence electrons. The van der Waals surface area contributed by atoms with Gasteiger partial charge in [0, 0.05) is 5.57 Å². The van der Waals surface area contributed by atoms with Crippen LogP contribution in [0.2, 0.25) is 0 Å². The standard InChI is InChI=1S/C6H10O5S.H3N/c1-5(2)6(7)11-3-4-12(8,9)10;/h1,3-4H2,2H3,(H,8,9,10);1H3/p+1. The van der Waals surface area contributed by atoms with Gasteiger partial charge in [0.2, 0.25) is 0 Å². The maximum Gasteiger partial charge on any atom is 0.333 e. The molecule has 0 aromatic carbocycles. The Morgan fingerprint density at radius 1 is 1.54 bits per heavy atom. The van der Waals surface area contributed by atoms with Crippen LogP contribution in [0.25, 0.3) is 0 Å². The van der Waals surface area contributed by atoms with Crippen molar-refractivity contribution in [3.05, 3.63) is 12.2 Å². The minimum atomic E-state index is -4.05. The van der Waals surface area contributed by atoms with Crippen molar-refractivity contribution in [1.82, 2.24) is 6.15 Å². The van der Waals surface area contributed by atoms with Crippen LogP contribution in [-0.4, -0.2) is 31.3 Å². The average Bonchev–Trinajstić information content (AvgIpc) is 1.84. The van der Waals surface area contributed by atoms with Gasteiger partial charge in [0.15, 0.2) is 0 Å². The lowest BCUT2D eigenvalue weighted by Crippen LogP contribution is -2.14. The summed E-state index contributed by atoms with van der Waals surface area (Å²) >= 11 is 0. The molecular formula is C6H14NO5S+. The molecule has 0 bridgehead atoms. The molecule has 0 heterocycles. The van der Waals surface area contributed by atoms with Crippen LogP contribution in [0.15, 0.2) is 12.2 Å². The fourth-order valence-corrected chi connectivity index (χ4v) is 0.657. The van der Waals surface area contributed by atoms with E-state index >= 15 is 0 Å². The first-order valence-corrected chi connectivity index (χ1v) is 4.71. The number of rotatable bonds is 4. The third-order valence-electron chi connectivity index (χ3n) is 0.923. The largest absolute Gasteiger partial charge is 0.461 e. The highest BCUT2D eigenvalue weighted by molar-refractivity contribution is 7.85. The van der Waals surface area contributed by atoms with Gasteiger partial charge in [-0.2, -0.15) is 8.42 Å².